The van der Waals surface area contributed by atoms with Gasteiger partial charge >= 0.3 is 5.97 Å². The smallest absolute Gasteiger partial charge is 0.307 e. The number of hydrogen-bond donors (Lipinski definition) is 2. The summed E-state index contributed by atoms with van der Waals surface area (Å²) in [6.07, 6.45) is -0.384. The Balaban J connectivity index is 1.49. The average molecular weight is 377 g/mol. The van der Waals surface area contributed by atoms with Gasteiger partial charge in [-0.05, 0) is 12.1 Å². The van der Waals surface area contributed by atoms with E-state index in [9.17, 15) is 14.4 Å². The van der Waals surface area contributed by atoms with Gasteiger partial charge in [0.05, 0.1) is 26.6 Å². The zero-order valence-corrected chi connectivity index (χ0v) is 15.1. The van der Waals surface area contributed by atoms with Crippen molar-refractivity contribution in [1.82, 2.24) is 15.5 Å². The summed E-state index contributed by atoms with van der Waals surface area (Å²) in [7, 11) is 1.27. The molecule has 9 nitrogen and oxygen atoms in total. The second kappa shape index (κ2) is 8.72. The van der Waals surface area contributed by atoms with E-state index in [1.165, 1.54) is 7.11 Å². The van der Waals surface area contributed by atoms with Gasteiger partial charge < -0.3 is 24.8 Å². The molecule has 0 radical (unpaired) electrons. The molecule has 2 unspecified atom stereocenters. The van der Waals surface area contributed by atoms with Crippen molar-refractivity contribution < 1.29 is 28.6 Å². The molecule has 2 aliphatic heterocycles. The number of nitrogens with zero attached hydrogens (tertiary/aromatic N) is 1. The molecule has 2 aliphatic rings. The Morgan fingerprint density at radius 2 is 2.11 bits per heavy atom. The Bertz CT molecular complexity index is 710. The molecule has 3 rings (SSSR count). The fraction of sp³-hybridized carbons (Fsp3) is 0.500. The Morgan fingerprint density at radius 3 is 2.89 bits per heavy atom. The number of rotatable bonds is 6. The molecule has 2 amide bonds. The quantitative estimate of drug-likeness (QED) is 0.632. The zero-order chi connectivity index (χ0) is 19.2. The van der Waals surface area contributed by atoms with Crippen molar-refractivity contribution in [2.75, 3.05) is 39.9 Å². The lowest BCUT2D eigenvalue weighted by Crippen LogP contribution is -2.58. The molecular weight excluding hydrogens is 354 g/mol. The Hall–Kier alpha value is -2.81. The minimum Gasteiger partial charge on any atom is -0.486 e. The number of amides is 2. The summed E-state index contributed by atoms with van der Waals surface area (Å²) < 4.78 is 16.0. The highest BCUT2D eigenvalue weighted by Gasteiger charge is 2.33. The van der Waals surface area contributed by atoms with Crippen LogP contribution < -0.4 is 20.1 Å². The molecule has 1 saturated heterocycles. The molecule has 9 heteroatoms. The van der Waals surface area contributed by atoms with Gasteiger partial charge in [0.25, 0.3) is 0 Å². The molecule has 1 fully saturated rings. The SMILES string of the molecule is COC(=O)CC1C(=O)NCCN1CC(=O)NCC1COc2ccccc2O1. The van der Waals surface area contributed by atoms with Gasteiger partial charge in [-0.1, -0.05) is 12.1 Å². The van der Waals surface area contributed by atoms with E-state index >= 15 is 0 Å². The van der Waals surface area contributed by atoms with Crippen LogP contribution >= 0.6 is 0 Å². The van der Waals surface area contributed by atoms with Gasteiger partial charge in [0.15, 0.2) is 11.5 Å². The average Bonchev–Trinajstić information content (AvgIpc) is 2.68. The third-order valence-corrected chi connectivity index (χ3v) is 4.47. The van der Waals surface area contributed by atoms with Gasteiger partial charge in [-0.3, -0.25) is 19.3 Å². The van der Waals surface area contributed by atoms with Crippen LogP contribution in [0.4, 0.5) is 0 Å². The molecule has 1 aromatic carbocycles. The van der Waals surface area contributed by atoms with Crippen LogP contribution in [0.2, 0.25) is 0 Å². The van der Waals surface area contributed by atoms with E-state index in [4.69, 9.17) is 9.47 Å². The van der Waals surface area contributed by atoms with Crippen LogP contribution in [0.3, 0.4) is 0 Å². The topological polar surface area (TPSA) is 106 Å². The monoisotopic (exact) mass is 377 g/mol. The zero-order valence-electron chi connectivity index (χ0n) is 15.1. The lowest BCUT2D eigenvalue weighted by Gasteiger charge is -2.34. The second-order valence-corrected chi connectivity index (χ2v) is 6.36. The summed E-state index contributed by atoms with van der Waals surface area (Å²) in [6, 6.07) is 6.65. The van der Waals surface area contributed by atoms with E-state index in [-0.39, 0.29) is 37.4 Å². The van der Waals surface area contributed by atoms with Crippen LogP contribution in [0.15, 0.2) is 24.3 Å². The maximum atomic E-state index is 12.3. The maximum absolute atomic E-state index is 12.3. The van der Waals surface area contributed by atoms with Crippen LogP contribution in [0, 0.1) is 0 Å². The highest BCUT2D eigenvalue weighted by Crippen LogP contribution is 2.30. The van der Waals surface area contributed by atoms with Crippen molar-refractivity contribution in [1.29, 1.82) is 0 Å². The summed E-state index contributed by atoms with van der Waals surface area (Å²) in [5.41, 5.74) is 0. The van der Waals surface area contributed by atoms with Crippen molar-refractivity contribution >= 4 is 17.8 Å². The number of esters is 1. The molecule has 2 N–H and O–H groups in total. The molecule has 2 heterocycles. The first-order valence-corrected chi connectivity index (χ1v) is 8.80. The second-order valence-electron chi connectivity index (χ2n) is 6.36. The molecule has 27 heavy (non-hydrogen) atoms. The first-order chi connectivity index (χ1) is 13.1. The lowest BCUT2D eigenvalue weighted by molar-refractivity contribution is -0.146. The lowest BCUT2D eigenvalue weighted by atomic mass is 10.1. The van der Waals surface area contributed by atoms with E-state index < -0.39 is 12.0 Å². The van der Waals surface area contributed by atoms with E-state index in [1.54, 1.807) is 4.90 Å². The number of methoxy groups -OCH3 is 1. The van der Waals surface area contributed by atoms with Gasteiger partial charge in [0.2, 0.25) is 11.8 Å². The number of benzene rings is 1. The van der Waals surface area contributed by atoms with Gasteiger partial charge in [0, 0.05) is 13.1 Å². The van der Waals surface area contributed by atoms with Crippen LogP contribution in [0.1, 0.15) is 6.42 Å². The minimum atomic E-state index is -0.710. The first-order valence-electron chi connectivity index (χ1n) is 8.80. The molecule has 0 spiro atoms. The molecule has 0 bridgehead atoms. The fourth-order valence-corrected chi connectivity index (χ4v) is 3.05. The van der Waals surface area contributed by atoms with Crippen LogP contribution in [-0.4, -0.2) is 74.7 Å². The fourth-order valence-electron chi connectivity index (χ4n) is 3.05. The molecular formula is C18H23N3O6. The standard InChI is InChI=1S/C18H23N3O6/c1-25-17(23)8-13-18(24)19-6-7-21(13)10-16(22)20-9-12-11-26-14-4-2-3-5-15(14)27-12/h2-5,12-13H,6-11H2,1H3,(H,19,24)(H,20,22). The number of piperazine rings is 1. The van der Waals surface area contributed by atoms with Crippen molar-refractivity contribution in [3.8, 4) is 11.5 Å². The Morgan fingerprint density at radius 1 is 1.33 bits per heavy atom. The summed E-state index contributed by atoms with van der Waals surface area (Å²) in [5.74, 6) is 0.315. The van der Waals surface area contributed by atoms with Crippen molar-refractivity contribution in [3.63, 3.8) is 0 Å². The highest BCUT2D eigenvalue weighted by molar-refractivity contribution is 5.88. The normalized spacial score (nSPS) is 21.9. The summed E-state index contributed by atoms with van der Waals surface area (Å²) in [6.45, 7) is 1.56. The maximum Gasteiger partial charge on any atom is 0.307 e. The van der Waals surface area contributed by atoms with Crippen molar-refractivity contribution in [2.24, 2.45) is 0 Å². The summed E-state index contributed by atoms with van der Waals surface area (Å²) >= 11 is 0. The Labute approximate surface area is 156 Å². The van der Waals surface area contributed by atoms with E-state index in [2.05, 4.69) is 15.4 Å². The third kappa shape index (κ3) is 4.88. The van der Waals surface area contributed by atoms with Crippen LogP contribution in [0.5, 0.6) is 11.5 Å². The Kier molecular flexibility index (Phi) is 6.12. The number of ether oxygens (including phenoxy) is 3. The largest absolute Gasteiger partial charge is 0.486 e. The molecule has 0 aromatic heterocycles. The van der Waals surface area contributed by atoms with Crippen molar-refractivity contribution in [3.05, 3.63) is 24.3 Å². The van der Waals surface area contributed by atoms with E-state index in [1.807, 2.05) is 24.3 Å². The van der Waals surface area contributed by atoms with Crippen molar-refractivity contribution in [2.45, 2.75) is 18.6 Å². The van der Waals surface area contributed by atoms with Gasteiger partial charge in [-0.15, -0.1) is 0 Å². The van der Waals surface area contributed by atoms with Gasteiger partial charge in [0.1, 0.15) is 18.8 Å². The predicted molar refractivity (Wildman–Crippen MR) is 94.4 cm³/mol. The summed E-state index contributed by atoms with van der Waals surface area (Å²) in [5, 5.41) is 5.50. The van der Waals surface area contributed by atoms with Crippen LogP contribution in [0.25, 0.3) is 0 Å². The van der Waals surface area contributed by atoms with Gasteiger partial charge in [-0.2, -0.15) is 0 Å². The number of para-hydroxylation sites is 2. The summed E-state index contributed by atoms with van der Waals surface area (Å²) in [4.78, 5) is 37.6. The molecule has 146 valence electrons. The number of fused-ring (bicyclic) bond motifs is 1. The predicted octanol–water partition coefficient (Wildman–Crippen LogP) is -0.694. The molecule has 0 aliphatic carbocycles. The third-order valence-electron chi connectivity index (χ3n) is 4.47. The van der Waals surface area contributed by atoms with Gasteiger partial charge in [-0.25, -0.2) is 0 Å². The number of carbonyl (C=O) groups excluding carboxylic acids is 3. The van der Waals surface area contributed by atoms with E-state index in [0.717, 1.165) is 0 Å². The minimum absolute atomic E-state index is 0.0131. The first kappa shape index (κ1) is 19.0. The number of nitrogens with one attached hydrogen (secondary N) is 2. The molecule has 1 aromatic rings. The highest BCUT2D eigenvalue weighted by atomic mass is 16.6. The van der Waals surface area contributed by atoms with E-state index in [0.29, 0.717) is 31.2 Å². The number of hydrogen-bond acceptors (Lipinski definition) is 7. The molecule has 2 atom stereocenters. The number of carbonyl (C=O) groups is 3. The van der Waals surface area contributed by atoms with Crippen LogP contribution in [-0.2, 0) is 19.1 Å². The molecule has 0 saturated carbocycles.